The first-order valence-corrected chi connectivity index (χ1v) is 5.73. The van der Waals surface area contributed by atoms with Gasteiger partial charge in [-0.2, -0.15) is 0 Å². The van der Waals surface area contributed by atoms with Crippen molar-refractivity contribution in [3.8, 4) is 0 Å². The summed E-state index contributed by atoms with van der Waals surface area (Å²) in [6, 6.07) is 3.06. The summed E-state index contributed by atoms with van der Waals surface area (Å²) < 4.78 is 4.69. The average molecular weight is 251 g/mol. The van der Waals surface area contributed by atoms with Crippen molar-refractivity contribution >= 4 is 12.0 Å². The van der Waals surface area contributed by atoms with Crippen molar-refractivity contribution < 1.29 is 14.3 Å². The summed E-state index contributed by atoms with van der Waals surface area (Å²) >= 11 is 0. The predicted octanol–water partition coefficient (Wildman–Crippen LogP) is 1.00. The number of hydrogen-bond acceptors (Lipinski definition) is 4. The maximum absolute atomic E-state index is 11.5. The number of urea groups is 1. The number of nitrogens with one attached hydrogen (secondary N) is 2. The molecule has 0 saturated carbocycles. The molecule has 0 aliphatic carbocycles. The Morgan fingerprint density at radius 2 is 2.06 bits per heavy atom. The van der Waals surface area contributed by atoms with Crippen LogP contribution < -0.4 is 10.6 Å². The molecule has 1 heterocycles. The second-order valence-corrected chi connectivity index (χ2v) is 3.63. The van der Waals surface area contributed by atoms with Crippen LogP contribution in [0.25, 0.3) is 0 Å². The fraction of sp³-hybridized carbons (Fsp3) is 0.417. The summed E-state index contributed by atoms with van der Waals surface area (Å²) in [7, 11) is 0. The fourth-order valence-corrected chi connectivity index (χ4v) is 1.35. The largest absolute Gasteiger partial charge is 0.465 e. The molecule has 0 radical (unpaired) electrons. The van der Waals surface area contributed by atoms with Gasteiger partial charge in [0.15, 0.2) is 0 Å². The number of ether oxygens (including phenoxy) is 1. The first-order chi connectivity index (χ1) is 8.63. The first kappa shape index (κ1) is 14.0. The monoisotopic (exact) mass is 251 g/mol. The van der Waals surface area contributed by atoms with Crippen LogP contribution in [0.15, 0.2) is 24.5 Å². The molecule has 0 aromatic carbocycles. The quantitative estimate of drug-likeness (QED) is 0.765. The maximum Gasteiger partial charge on any atom is 0.325 e. The van der Waals surface area contributed by atoms with Crippen molar-refractivity contribution in [3.63, 3.8) is 0 Å². The zero-order chi connectivity index (χ0) is 13.4. The van der Waals surface area contributed by atoms with E-state index < -0.39 is 12.0 Å². The lowest BCUT2D eigenvalue weighted by atomic mass is 10.1. The highest BCUT2D eigenvalue weighted by molar-refractivity contribution is 5.80. The fourth-order valence-electron chi connectivity index (χ4n) is 1.35. The van der Waals surface area contributed by atoms with E-state index >= 15 is 0 Å². The van der Waals surface area contributed by atoms with Crippen LogP contribution in [-0.2, 0) is 9.53 Å². The normalized spacial score (nSPS) is 11.4. The molecule has 2 amide bonds. The Morgan fingerprint density at radius 3 is 2.67 bits per heavy atom. The number of carbonyl (C=O) groups excluding carboxylic acids is 2. The van der Waals surface area contributed by atoms with Gasteiger partial charge in [-0.25, -0.2) is 4.79 Å². The number of aromatic nitrogens is 1. The average Bonchev–Trinajstić information content (AvgIpc) is 2.38. The van der Waals surface area contributed by atoms with Crippen LogP contribution in [0.2, 0.25) is 0 Å². The lowest BCUT2D eigenvalue weighted by Crippen LogP contribution is -2.40. The summed E-state index contributed by atoms with van der Waals surface area (Å²) in [6.07, 6.45) is 3.31. The molecule has 0 fully saturated rings. The van der Waals surface area contributed by atoms with E-state index in [1.807, 2.05) is 19.1 Å². The van der Waals surface area contributed by atoms with E-state index in [2.05, 4.69) is 15.6 Å². The van der Waals surface area contributed by atoms with Crippen molar-refractivity contribution in [2.75, 3.05) is 13.2 Å². The standard InChI is InChI=1S/C12H17N3O3/c1-3-18-11(16)8-14-12(17)15-9(2)10-4-6-13-7-5-10/h4-7,9H,3,8H2,1-2H3,(H2,14,15,17). The molecule has 1 aromatic heterocycles. The minimum absolute atomic E-state index is 0.136. The van der Waals surface area contributed by atoms with E-state index in [0.29, 0.717) is 6.61 Å². The van der Waals surface area contributed by atoms with Crippen molar-refractivity contribution in [1.82, 2.24) is 15.6 Å². The molecule has 1 unspecified atom stereocenters. The van der Waals surface area contributed by atoms with E-state index in [4.69, 9.17) is 4.74 Å². The molecule has 1 aromatic rings. The Hall–Kier alpha value is -2.11. The molecule has 6 heteroatoms. The molecule has 1 atom stereocenters. The highest BCUT2D eigenvalue weighted by Crippen LogP contribution is 2.09. The highest BCUT2D eigenvalue weighted by atomic mass is 16.5. The Labute approximate surface area is 106 Å². The molecule has 0 saturated heterocycles. The van der Waals surface area contributed by atoms with Gasteiger partial charge in [0.05, 0.1) is 12.6 Å². The van der Waals surface area contributed by atoms with Gasteiger partial charge in [0.25, 0.3) is 0 Å². The third kappa shape index (κ3) is 4.82. The third-order valence-corrected chi connectivity index (χ3v) is 2.25. The summed E-state index contributed by atoms with van der Waals surface area (Å²) in [5.74, 6) is -0.454. The van der Waals surface area contributed by atoms with E-state index in [9.17, 15) is 9.59 Å². The Morgan fingerprint density at radius 1 is 1.39 bits per heavy atom. The topological polar surface area (TPSA) is 80.3 Å². The minimum Gasteiger partial charge on any atom is -0.465 e. The number of nitrogens with zero attached hydrogens (tertiary/aromatic N) is 1. The predicted molar refractivity (Wildman–Crippen MR) is 65.8 cm³/mol. The second-order valence-electron chi connectivity index (χ2n) is 3.63. The van der Waals surface area contributed by atoms with Gasteiger partial charge in [-0.15, -0.1) is 0 Å². The Kier molecular flexibility index (Phi) is 5.63. The zero-order valence-electron chi connectivity index (χ0n) is 10.5. The van der Waals surface area contributed by atoms with Gasteiger partial charge in [0, 0.05) is 12.4 Å². The SMILES string of the molecule is CCOC(=O)CNC(=O)NC(C)c1ccncc1. The lowest BCUT2D eigenvalue weighted by Gasteiger charge is -2.14. The molecule has 0 bridgehead atoms. The molecule has 2 N–H and O–H groups in total. The van der Waals surface area contributed by atoms with E-state index in [1.54, 1.807) is 19.3 Å². The van der Waals surface area contributed by atoms with Crippen LogP contribution in [0, 0.1) is 0 Å². The van der Waals surface area contributed by atoms with Crippen LogP contribution in [0.4, 0.5) is 4.79 Å². The second kappa shape index (κ2) is 7.26. The molecule has 6 nitrogen and oxygen atoms in total. The smallest absolute Gasteiger partial charge is 0.325 e. The molecular weight excluding hydrogens is 234 g/mol. The van der Waals surface area contributed by atoms with Crippen LogP contribution >= 0.6 is 0 Å². The van der Waals surface area contributed by atoms with Gasteiger partial charge in [0.2, 0.25) is 0 Å². The summed E-state index contributed by atoms with van der Waals surface area (Å²) in [4.78, 5) is 26.4. The van der Waals surface area contributed by atoms with Gasteiger partial charge in [-0.05, 0) is 31.5 Å². The lowest BCUT2D eigenvalue weighted by molar-refractivity contribution is -0.141. The minimum atomic E-state index is -0.454. The Balaban J connectivity index is 2.34. The molecule has 0 spiro atoms. The van der Waals surface area contributed by atoms with Crippen LogP contribution in [-0.4, -0.2) is 30.1 Å². The van der Waals surface area contributed by atoms with Crippen LogP contribution in [0.3, 0.4) is 0 Å². The molecule has 0 aliphatic rings. The van der Waals surface area contributed by atoms with Crippen molar-refractivity contribution in [1.29, 1.82) is 0 Å². The van der Waals surface area contributed by atoms with Gasteiger partial charge < -0.3 is 15.4 Å². The molecule has 18 heavy (non-hydrogen) atoms. The number of amides is 2. The van der Waals surface area contributed by atoms with Gasteiger partial charge in [0.1, 0.15) is 6.54 Å². The molecule has 98 valence electrons. The highest BCUT2D eigenvalue weighted by Gasteiger charge is 2.10. The number of hydrogen-bond donors (Lipinski definition) is 2. The van der Waals surface area contributed by atoms with Crippen LogP contribution in [0.5, 0.6) is 0 Å². The number of carbonyl (C=O) groups is 2. The van der Waals surface area contributed by atoms with E-state index in [1.165, 1.54) is 0 Å². The number of rotatable bonds is 5. The van der Waals surface area contributed by atoms with Crippen LogP contribution in [0.1, 0.15) is 25.5 Å². The number of esters is 1. The van der Waals surface area contributed by atoms with Gasteiger partial charge in [-0.3, -0.25) is 9.78 Å². The third-order valence-electron chi connectivity index (χ3n) is 2.25. The molecule has 0 aliphatic heterocycles. The van der Waals surface area contributed by atoms with Gasteiger partial charge >= 0.3 is 12.0 Å². The van der Waals surface area contributed by atoms with E-state index in [0.717, 1.165) is 5.56 Å². The molecule has 1 rings (SSSR count). The van der Waals surface area contributed by atoms with Crippen molar-refractivity contribution in [3.05, 3.63) is 30.1 Å². The van der Waals surface area contributed by atoms with Crippen molar-refractivity contribution in [2.45, 2.75) is 19.9 Å². The first-order valence-electron chi connectivity index (χ1n) is 5.73. The number of pyridine rings is 1. The summed E-state index contributed by atoms with van der Waals surface area (Å²) in [5.41, 5.74) is 0.941. The van der Waals surface area contributed by atoms with E-state index in [-0.39, 0.29) is 12.6 Å². The summed E-state index contributed by atoms with van der Waals surface area (Å²) in [5, 5.41) is 5.14. The zero-order valence-corrected chi connectivity index (χ0v) is 10.5. The summed E-state index contributed by atoms with van der Waals surface area (Å²) in [6.45, 7) is 3.72. The Bertz CT molecular complexity index is 395. The van der Waals surface area contributed by atoms with Gasteiger partial charge in [-0.1, -0.05) is 0 Å². The molecular formula is C12H17N3O3. The maximum atomic E-state index is 11.5. The van der Waals surface area contributed by atoms with Crippen molar-refractivity contribution in [2.24, 2.45) is 0 Å².